The molecule has 7 aromatic carbocycles. The van der Waals surface area contributed by atoms with Gasteiger partial charge in [0, 0.05) is 16.5 Å². The van der Waals surface area contributed by atoms with Crippen molar-refractivity contribution < 1.29 is 4.39 Å². The summed E-state index contributed by atoms with van der Waals surface area (Å²) in [6.07, 6.45) is 5.56. The molecule has 0 amide bonds. The van der Waals surface area contributed by atoms with Crippen molar-refractivity contribution in [3.8, 4) is 78.1 Å². The van der Waals surface area contributed by atoms with Gasteiger partial charge < -0.3 is 0 Å². The van der Waals surface area contributed by atoms with Crippen molar-refractivity contribution in [1.29, 1.82) is 0 Å². The first-order valence-corrected chi connectivity index (χ1v) is 21.5. The molecule has 0 aliphatic heterocycles. The van der Waals surface area contributed by atoms with E-state index in [1.54, 1.807) is 6.07 Å². The minimum absolute atomic E-state index is 0.0791. The molecule has 4 fully saturated rings. The second kappa shape index (κ2) is 12.3. The molecule has 6 atom stereocenters. The van der Waals surface area contributed by atoms with E-state index in [0.29, 0.717) is 11.3 Å². The Hall–Kier alpha value is -6.38. The molecule has 0 saturated heterocycles. The molecule has 2 spiro atoms. The Kier molecular flexibility index (Phi) is 7.01. The summed E-state index contributed by atoms with van der Waals surface area (Å²) in [4.78, 5) is 5.14. The zero-order valence-corrected chi connectivity index (χ0v) is 32.8. The SMILES string of the molecule is Fc1ccc2c(c1)-c1cc(-c3ccc(-c4cccc(-c5ccc(-c6cc(-c7ccccc7)cc(-c7ccccc7)n6)cc5)c4)cc3)ccc1C21C2CC3CC4CC1C34C2. The van der Waals surface area contributed by atoms with Crippen LogP contribution in [0.1, 0.15) is 36.8 Å². The number of benzene rings is 7. The van der Waals surface area contributed by atoms with Crippen LogP contribution >= 0.6 is 0 Å². The Morgan fingerprint density at radius 3 is 1.49 bits per heavy atom. The van der Waals surface area contributed by atoms with Crippen LogP contribution in [0, 0.1) is 34.9 Å². The standard InChI is InChI=1S/C57H42FN/c58-48-23-25-52-50(33-48)49-27-43(22-24-51(49)57(52)47-31-45-30-46-32-55(57)56(45,46)34-47)38-16-14-36(15-17-38)41-12-7-13-42(26-41)37-18-20-40(21-19-37)54-29-44(35-8-3-1-4-9-35)28-53(59-54)39-10-5-2-6-11-39/h1-29,33,45-47,55H,30-32,34H2. The number of rotatable bonds is 6. The molecule has 6 unspecified atom stereocenters. The van der Waals surface area contributed by atoms with Gasteiger partial charge in [0.15, 0.2) is 0 Å². The van der Waals surface area contributed by atoms with E-state index in [9.17, 15) is 4.39 Å². The second-order valence-electron chi connectivity index (χ2n) is 18.1. The van der Waals surface area contributed by atoms with Crippen LogP contribution in [0.5, 0.6) is 0 Å². The highest BCUT2D eigenvalue weighted by Crippen LogP contribution is 2.88. The van der Waals surface area contributed by atoms with Crippen LogP contribution in [0.2, 0.25) is 0 Å². The minimum atomic E-state index is -0.128. The maximum atomic E-state index is 15.0. The third-order valence-electron chi connectivity index (χ3n) is 15.7. The van der Waals surface area contributed by atoms with Crippen molar-refractivity contribution in [2.75, 3.05) is 0 Å². The average molecular weight is 760 g/mol. The van der Waals surface area contributed by atoms with Crippen molar-refractivity contribution >= 4 is 0 Å². The molecule has 13 rings (SSSR count). The highest BCUT2D eigenvalue weighted by atomic mass is 19.1. The van der Waals surface area contributed by atoms with Gasteiger partial charge in [-0.05, 0) is 158 Å². The molecule has 4 saturated carbocycles. The number of pyridine rings is 1. The van der Waals surface area contributed by atoms with Gasteiger partial charge >= 0.3 is 0 Å². The highest BCUT2D eigenvalue weighted by molar-refractivity contribution is 5.87. The summed E-state index contributed by atoms with van der Waals surface area (Å²) in [6, 6.07) is 64.8. The Morgan fingerprint density at radius 1 is 0.390 bits per heavy atom. The zero-order chi connectivity index (χ0) is 38.9. The number of halogens is 1. The van der Waals surface area contributed by atoms with Gasteiger partial charge in [-0.25, -0.2) is 9.37 Å². The average Bonchev–Trinajstić information content (AvgIpc) is 3.90. The van der Waals surface area contributed by atoms with Gasteiger partial charge in [-0.15, -0.1) is 0 Å². The van der Waals surface area contributed by atoms with E-state index in [-0.39, 0.29) is 11.2 Å². The first-order valence-electron chi connectivity index (χ1n) is 21.5. The Labute approximate surface area is 345 Å². The fourth-order valence-electron chi connectivity index (χ4n) is 13.2. The monoisotopic (exact) mass is 759 g/mol. The van der Waals surface area contributed by atoms with Gasteiger partial charge in [0.2, 0.25) is 0 Å². The molecule has 59 heavy (non-hydrogen) atoms. The first kappa shape index (κ1) is 33.6. The van der Waals surface area contributed by atoms with Gasteiger partial charge in [0.1, 0.15) is 5.82 Å². The third-order valence-corrected chi connectivity index (χ3v) is 15.7. The molecule has 1 aromatic heterocycles. The maximum absolute atomic E-state index is 15.0. The molecule has 282 valence electrons. The lowest BCUT2D eigenvalue weighted by Gasteiger charge is -2.70. The molecular formula is C57H42FN. The number of nitrogens with zero attached hydrogens (tertiary/aromatic N) is 1. The van der Waals surface area contributed by atoms with Crippen LogP contribution in [0.4, 0.5) is 4.39 Å². The van der Waals surface area contributed by atoms with Crippen LogP contribution in [-0.4, -0.2) is 4.98 Å². The molecule has 1 nitrogen and oxygen atoms in total. The maximum Gasteiger partial charge on any atom is 0.123 e. The predicted molar refractivity (Wildman–Crippen MR) is 238 cm³/mol. The summed E-state index contributed by atoms with van der Waals surface area (Å²) < 4.78 is 15.0. The zero-order valence-electron chi connectivity index (χ0n) is 32.8. The summed E-state index contributed by atoms with van der Waals surface area (Å²) in [6.45, 7) is 0. The lowest BCUT2D eigenvalue weighted by Crippen LogP contribution is -2.65. The third kappa shape index (κ3) is 4.69. The lowest BCUT2D eigenvalue weighted by atomic mass is 9.34. The smallest absolute Gasteiger partial charge is 0.123 e. The van der Waals surface area contributed by atoms with Crippen molar-refractivity contribution in [3.63, 3.8) is 0 Å². The van der Waals surface area contributed by atoms with Crippen LogP contribution in [0.3, 0.4) is 0 Å². The van der Waals surface area contributed by atoms with Gasteiger partial charge in [-0.2, -0.15) is 0 Å². The molecule has 2 bridgehead atoms. The van der Waals surface area contributed by atoms with Crippen LogP contribution < -0.4 is 0 Å². The fourth-order valence-corrected chi connectivity index (χ4v) is 13.2. The van der Waals surface area contributed by atoms with E-state index in [1.165, 1.54) is 81.3 Å². The van der Waals surface area contributed by atoms with E-state index >= 15 is 0 Å². The minimum Gasteiger partial charge on any atom is -0.248 e. The van der Waals surface area contributed by atoms with Crippen LogP contribution in [0.15, 0.2) is 182 Å². The second-order valence-corrected chi connectivity index (χ2v) is 18.1. The quantitative estimate of drug-likeness (QED) is 0.165. The Morgan fingerprint density at radius 2 is 0.864 bits per heavy atom. The lowest BCUT2D eigenvalue weighted by molar-refractivity contribution is -0.193. The molecule has 1 heterocycles. The Balaban J connectivity index is 0.794. The van der Waals surface area contributed by atoms with E-state index in [0.717, 1.165) is 51.4 Å². The van der Waals surface area contributed by atoms with Gasteiger partial charge in [-0.1, -0.05) is 146 Å². The van der Waals surface area contributed by atoms with Gasteiger partial charge in [-0.3, -0.25) is 0 Å². The van der Waals surface area contributed by atoms with Gasteiger partial charge in [0.25, 0.3) is 0 Å². The topological polar surface area (TPSA) is 12.9 Å². The number of hydrogen-bond acceptors (Lipinski definition) is 1. The van der Waals surface area contributed by atoms with Crippen molar-refractivity contribution in [1.82, 2.24) is 4.98 Å². The number of fused-ring (bicyclic) bond motifs is 8. The van der Waals surface area contributed by atoms with E-state index in [1.807, 2.05) is 12.1 Å². The van der Waals surface area contributed by atoms with Gasteiger partial charge in [0.05, 0.1) is 11.4 Å². The predicted octanol–water partition coefficient (Wildman–Crippen LogP) is 14.6. The summed E-state index contributed by atoms with van der Waals surface area (Å²) in [7, 11) is 0. The van der Waals surface area contributed by atoms with E-state index < -0.39 is 0 Å². The molecule has 0 radical (unpaired) electrons. The van der Waals surface area contributed by atoms with Crippen LogP contribution in [0.25, 0.3) is 78.1 Å². The summed E-state index contributed by atoms with van der Waals surface area (Å²) in [5.41, 5.74) is 19.5. The van der Waals surface area contributed by atoms with E-state index in [2.05, 4.69) is 164 Å². The number of hydrogen-bond donors (Lipinski definition) is 0. The summed E-state index contributed by atoms with van der Waals surface area (Å²) in [5.74, 6) is 3.17. The van der Waals surface area contributed by atoms with E-state index in [4.69, 9.17) is 4.98 Å². The Bertz CT molecular complexity index is 2910. The van der Waals surface area contributed by atoms with Crippen molar-refractivity contribution in [2.45, 2.75) is 31.1 Å². The molecule has 8 aromatic rings. The number of aromatic nitrogens is 1. The van der Waals surface area contributed by atoms with Crippen molar-refractivity contribution in [2.24, 2.45) is 29.1 Å². The highest BCUT2D eigenvalue weighted by Gasteiger charge is 2.82. The van der Waals surface area contributed by atoms with Crippen molar-refractivity contribution in [3.05, 3.63) is 199 Å². The molecule has 2 heteroatoms. The largest absolute Gasteiger partial charge is 0.248 e. The molecular weight excluding hydrogens is 718 g/mol. The normalized spacial score (nSPS) is 24.9. The molecule has 5 aliphatic carbocycles. The molecule has 5 aliphatic rings. The first-order chi connectivity index (χ1) is 29.1. The fraction of sp³-hybridized carbons (Fsp3) is 0.175. The van der Waals surface area contributed by atoms with Crippen LogP contribution in [-0.2, 0) is 5.41 Å². The summed E-state index contributed by atoms with van der Waals surface area (Å²) in [5, 5.41) is 0. The summed E-state index contributed by atoms with van der Waals surface area (Å²) >= 11 is 0. The molecule has 0 N–H and O–H groups in total.